The fourth-order valence-corrected chi connectivity index (χ4v) is 3.88. The van der Waals surface area contributed by atoms with Crippen molar-refractivity contribution >= 4 is 11.8 Å². The van der Waals surface area contributed by atoms with Crippen molar-refractivity contribution < 1.29 is 13.2 Å². The summed E-state index contributed by atoms with van der Waals surface area (Å²) in [6.45, 7) is 5.74. The minimum atomic E-state index is -4.56. The van der Waals surface area contributed by atoms with Crippen LogP contribution in [0.2, 0.25) is 0 Å². The Bertz CT molecular complexity index is 1210. The topological polar surface area (TPSA) is 73.7 Å². The number of nitrogens with one attached hydrogen (secondary N) is 3. The molecule has 9 heteroatoms. The molecular formula is C26H27F3N6. The van der Waals surface area contributed by atoms with Crippen molar-refractivity contribution in [1.29, 1.82) is 0 Å². The van der Waals surface area contributed by atoms with Gasteiger partial charge in [-0.3, -0.25) is 5.32 Å². The lowest BCUT2D eigenvalue weighted by atomic mass is 10.1. The summed E-state index contributed by atoms with van der Waals surface area (Å²) in [6, 6.07) is 23.0. The van der Waals surface area contributed by atoms with Crippen molar-refractivity contribution in [3.63, 3.8) is 0 Å². The lowest BCUT2D eigenvalue weighted by Gasteiger charge is -2.37. The van der Waals surface area contributed by atoms with E-state index in [1.165, 1.54) is 12.1 Å². The third-order valence-electron chi connectivity index (χ3n) is 5.62. The molecule has 35 heavy (non-hydrogen) atoms. The zero-order chi connectivity index (χ0) is 25.1. The number of pyridine rings is 1. The number of aliphatic imine (C=N–C) groups is 2. The SMILES string of the molecule is C[C@H](N=C1NC(c2cccc(C(F)(F)F)n2)=NC(C)(N[C@H](C)c2ccccc2)N1)c1ccccc1. The first kappa shape index (κ1) is 24.4. The maximum atomic E-state index is 13.3. The Balaban J connectivity index is 1.70. The summed E-state index contributed by atoms with van der Waals surface area (Å²) < 4.78 is 39.9. The van der Waals surface area contributed by atoms with Crippen LogP contribution in [0.4, 0.5) is 13.2 Å². The molecule has 3 N–H and O–H groups in total. The molecule has 2 heterocycles. The number of alkyl halides is 3. The van der Waals surface area contributed by atoms with Crippen LogP contribution in [0, 0.1) is 0 Å². The molecule has 0 amide bonds. The smallest absolute Gasteiger partial charge is 0.320 e. The van der Waals surface area contributed by atoms with Gasteiger partial charge >= 0.3 is 6.18 Å². The van der Waals surface area contributed by atoms with E-state index >= 15 is 0 Å². The second-order valence-corrected chi connectivity index (χ2v) is 8.53. The van der Waals surface area contributed by atoms with Gasteiger partial charge in [0.1, 0.15) is 11.4 Å². The first-order valence-electron chi connectivity index (χ1n) is 11.3. The molecule has 0 bridgehead atoms. The largest absolute Gasteiger partial charge is 0.433 e. The second kappa shape index (κ2) is 9.87. The van der Waals surface area contributed by atoms with Gasteiger partial charge in [-0.1, -0.05) is 66.7 Å². The first-order chi connectivity index (χ1) is 16.6. The van der Waals surface area contributed by atoms with Gasteiger partial charge in [-0.2, -0.15) is 13.2 Å². The molecule has 0 saturated carbocycles. The minimum absolute atomic E-state index is 0.0711. The van der Waals surface area contributed by atoms with Gasteiger partial charge in [0.05, 0.1) is 6.04 Å². The summed E-state index contributed by atoms with van der Waals surface area (Å²) in [5, 5.41) is 9.73. The summed E-state index contributed by atoms with van der Waals surface area (Å²) in [5.74, 6) is -0.508. The third-order valence-corrected chi connectivity index (χ3v) is 5.62. The lowest BCUT2D eigenvalue weighted by Crippen LogP contribution is -2.64. The van der Waals surface area contributed by atoms with E-state index in [0.717, 1.165) is 17.2 Å². The Morgan fingerprint density at radius 2 is 1.51 bits per heavy atom. The third kappa shape index (κ3) is 6.05. The Hall–Kier alpha value is -3.72. The molecule has 0 spiro atoms. The van der Waals surface area contributed by atoms with Gasteiger partial charge in [0, 0.05) is 6.04 Å². The second-order valence-electron chi connectivity index (χ2n) is 8.53. The molecule has 6 nitrogen and oxygen atoms in total. The number of hydrogen-bond acceptors (Lipinski definition) is 4. The molecule has 1 unspecified atom stereocenters. The number of amidine groups is 1. The van der Waals surface area contributed by atoms with E-state index in [1.54, 1.807) is 0 Å². The predicted octanol–water partition coefficient (Wildman–Crippen LogP) is 5.18. The molecule has 3 aromatic rings. The van der Waals surface area contributed by atoms with E-state index in [4.69, 9.17) is 4.99 Å². The number of guanidine groups is 1. The summed E-state index contributed by atoms with van der Waals surface area (Å²) >= 11 is 0. The van der Waals surface area contributed by atoms with Crippen molar-refractivity contribution in [2.75, 3.05) is 0 Å². The van der Waals surface area contributed by atoms with Crippen LogP contribution < -0.4 is 16.0 Å². The van der Waals surface area contributed by atoms with E-state index in [2.05, 4.69) is 25.9 Å². The number of halogens is 3. The summed E-state index contributed by atoms with van der Waals surface area (Å²) in [4.78, 5) is 13.2. The van der Waals surface area contributed by atoms with Gasteiger partial charge in [-0.25, -0.2) is 15.0 Å². The van der Waals surface area contributed by atoms with Crippen LogP contribution in [0.15, 0.2) is 88.8 Å². The van der Waals surface area contributed by atoms with Gasteiger partial charge in [0.2, 0.25) is 5.96 Å². The van der Waals surface area contributed by atoms with Crippen molar-refractivity contribution in [1.82, 2.24) is 20.9 Å². The van der Waals surface area contributed by atoms with E-state index in [9.17, 15) is 13.2 Å². The maximum absolute atomic E-state index is 13.3. The number of nitrogens with zero attached hydrogens (tertiary/aromatic N) is 3. The molecule has 1 aromatic heterocycles. The van der Waals surface area contributed by atoms with E-state index in [0.29, 0.717) is 5.96 Å². The zero-order valence-corrected chi connectivity index (χ0v) is 19.6. The first-order valence-corrected chi connectivity index (χ1v) is 11.3. The van der Waals surface area contributed by atoms with Gasteiger partial charge in [-0.05, 0) is 44.0 Å². The molecule has 182 valence electrons. The quantitative estimate of drug-likeness (QED) is 0.455. The van der Waals surface area contributed by atoms with Crippen molar-refractivity contribution in [3.05, 3.63) is 101 Å². The molecule has 0 aliphatic carbocycles. The molecule has 1 aliphatic heterocycles. The molecule has 3 atom stereocenters. The summed E-state index contributed by atoms with van der Waals surface area (Å²) in [5.41, 5.74) is 1.12. The molecule has 4 rings (SSSR count). The van der Waals surface area contributed by atoms with E-state index < -0.39 is 17.7 Å². The monoisotopic (exact) mass is 480 g/mol. The molecule has 0 fully saturated rings. The summed E-state index contributed by atoms with van der Waals surface area (Å²) in [6.07, 6.45) is -4.56. The Kier molecular flexibility index (Phi) is 6.88. The average Bonchev–Trinajstić information content (AvgIpc) is 2.84. The lowest BCUT2D eigenvalue weighted by molar-refractivity contribution is -0.141. The van der Waals surface area contributed by atoms with Crippen LogP contribution in [-0.4, -0.2) is 22.6 Å². The van der Waals surface area contributed by atoms with Crippen molar-refractivity contribution in [2.45, 2.75) is 44.8 Å². The predicted molar refractivity (Wildman–Crippen MR) is 131 cm³/mol. The number of hydrogen-bond donors (Lipinski definition) is 3. The molecule has 0 radical (unpaired) electrons. The summed E-state index contributed by atoms with van der Waals surface area (Å²) in [7, 11) is 0. The highest BCUT2D eigenvalue weighted by Gasteiger charge is 2.35. The van der Waals surface area contributed by atoms with Crippen molar-refractivity contribution in [2.24, 2.45) is 9.98 Å². The molecule has 2 aromatic carbocycles. The van der Waals surface area contributed by atoms with Crippen LogP contribution in [0.3, 0.4) is 0 Å². The molecular weight excluding hydrogens is 453 g/mol. The number of aromatic nitrogens is 1. The standard InChI is InChI=1S/C26H27F3N6/c1-17(19-11-6-4-7-12-19)30-24-32-23(21-15-10-16-22(31-21)26(27,28)29)34-25(3,35-24)33-18(2)20-13-8-5-9-14-20/h4-18,33H,1-3H3,(H2,30,32,34,35)/t17-,18+,25?/m0/s1. The van der Waals surface area contributed by atoms with E-state index in [-0.39, 0.29) is 23.6 Å². The normalized spacial score (nSPS) is 21.0. The van der Waals surface area contributed by atoms with Crippen LogP contribution in [0.1, 0.15) is 55.4 Å². The highest BCUT2D eigenvalue weighted by atomic mass is 19.4. The number of benzene rings is 2. The fourth-order valence-electron chi connectivity index (χ4n) is 3.88. The van der Waals surface area contributed by atoms with Crippen LogP contribution in [0.25, 0.3) is 0 Å². The molecule has 1 aliphatic rings. The van der Waals surface area contributed by atoms with Gasteiger partial charge in [-0.15, -0.1) is 0 Å². The highest BCUT2D eigenvalue weighted by Crippen LogP contribution is 2.28. The van der Waals surface area contributed by atoms with Gasteiger partial charge in [0.15, 0.2) is 11.6 Å². The van der Waals surface area contributed by atoms with Crippen molar-refractivity contribution in [3.8, 4) is 0 Å². The van der Waals surface area contributed by atoms with Crippen LogP contribution in [0.5, 0.6) is 0 Å². The Morgan fingerprint density at radius 1 is 0.886 bits per heavy atom. The van der Waals surface area contributed by atoms with E-state index in [1.807, 2.05) is 81.4 Å². The fraction of sp³-hybridized carbons (Fsp3) is 0.269. The minimum Gasteiger partial charge on any atom is -0.320 e. The van der Waals surface area contributed by atoms with Crippen LogP contribution in [-0.2, 0) is 6.18 Å². The van der Waals surface area contributed by atoms with Gasteiger partial charge < -0.3 is 10.6 Å². The highest BCUT2D eigenvalue weighted by molar-refractivity contribution is 6.09. The molecule has 0 saturated heterocycles. The maximum Gasteiger partial charge on any atom is 0.433 e. The zero-order valence-electron chi connectivity index (χ0n) is 19.6. The Morgan fingerprint density at radius 3 is 2.14 bits per heavy atom. The average molecular weight is 481 g/mol. The van der Waals surface area contributed by atoms with Crippen LogP contribution >= 0.6 is 0 Å². The Labute approximate surface area is 202 Å². The number of rotatable bonds is 6. The van der Waals surface area contributed by atoms with Gasteiger partial charge in [0.25, 0.3) is 0 Å².